The molecule has 0 radical (unpaired) electrons. The zero-order valence-electron chi connectivity index (χ0n) is 22.7. The molecule has 0 aliphatic heterocycles. The van der Waals surface area contributed by atoms with E-state index in [0.29, 0.717) is 25.7 Å². The number of carbonyl (C=O) groups is 3. The molecule has 0 amide bonds. The fourth-order valence-electron chi connectivity index (χ4n) is 5.38. The Hall–Kier alpha value is -1.89. The van der Waals surface area contributed by atoms with Gasteiger partial charge < -0.3 is 20.1 Å². The maximum absolute atomic E-state index is 12.5. The highest BCUT2D eigenvalue weighted by atomic mass is 16.4. The molecule has 0 saturated heterocycles. The van der Waals surface area contributed by atoms with Gasteiger partial charge in [0.25, 0.3) is 0 Å². The van der Waals surface area contributed by atoms with Crippen molar-refractivity contribution in [3.63, 3.8) is 0 Å². The lowest BCUT2D eigenvalue weighted by Gasteiger charge is -2.52. The van der Waals surface area contributed by atoms with E-state index in [1.807, 2.05) is 20.8 Å². The molecule has 7 nitrogen and oxygen atoms in total. The summed E-state index contributed by atoms with van der Waals surface area (Å²) >= 11 is 0. The van der Waals surface area contributed by atoms with E-state index >= 15 is 0 Å². The number of carboxylic acids is 3. The lowest BCUT2D eigenvalue weighted by atomic mass is 9.91. The van der Waals surface area contributed by atoms with Gasteiger partial charge in [0.15, 0.2) is 12.1 Å². The van der Waals surface area contributed by atoms with Crippen LogP contribution in [0, 0.1) is 0 Å². The molecule has 0 rings (SSSR count). The predicted octanol–water partition coefficient (Wildman–Crippen LogP) is 5.32. The molecule has 0 saturated carbocycles. The monoisotopic (exact) mass is 497 g/mol. The van der Waals surface area contributed by atoms with Crippen molar-refractivity contribution < 1.29 is 34.2 Å². The Morgan fingerprint density at radius 2 is 1.09 bits per heavy atom. The molecular formula is C28H51NO6. The van der Waals surface area contributed by atoms with Crippen LogP contribution in [0.25, 0.3) is 0 Å². The summed E-state index contributed by atoms with van der Waals surface area (Å²) in [5.41, 5.74) is 0. The summed E-state index contributed by atoms with van der Waals surface area (Å²) in [6.45, 7) is 7.94. The number of hydrogen-bond acceptors (Lipinski definition) is 4. The maximum Gasteiger partial charge on any atom is 0.362 e. The van der Waals surface area contributed by atoms with Gasteiger partial charge in [0.1, 0.15) is 6.04 Å². The van der Waals surface area contributed by atoms with Crippen molar-refractivity contribution in [3.05, 3.63) is 12.2 Å². The van der Waals surface area contributed by atoms with Crippen molar-refractivity contribution in [1.29, 1.82) is 0 Å². The Morgan fingerprint density at radius 3 is 1.49 bits per heavy atom. The number of allylic oxidation sites excluding steroid dienone is 2. The quantitative estimate of drug-likeness (QED) is 0.112. The van der Waals surface area contributed by atoms with Gasteiger partial charge in [-0.15, -0.1) is 0 Å². The van der Waals surface area contributed by atoms with Gasteiger partial charge in [-0.25, -0.2) is 9.59 Å². The van der Waals surface area contributed by atoms with E-state index in [4.69, 9.17) is 0 Å². The minimum absolute atomic E-state index is 0.196. The van der Waals surface area contributed by atoms with E-state index in [2.05, 4.69) is 19.1 Å². The summed E-state index contributed by atoms with van der Waals surface area (Å²) < 4.78 is -0.455. The number of unbranched alkanes of at least 4 members (excludes halogenated alkanes) is 7. The first-order valence-corrected chi connectivity index (χ1v) is 13.9. The summed E-state index contributed by atoms with van der Waals surface area (Å²) in [5.74, 6) is -3.60. The predicted molar refractivity (Wildman–Crippen MR) is 138 cm³/mol. The second-order valence-corrected chi connectivity index (χ2v) is 9.80. The van der Waals surface area contributed by atoms with E-state index in [9.17, 15) is 29.7 Å². The van der Waals surface area contributed by atoms with Crippen LogP contribution < -0.4 is 5.11 Å². The molecule has 0 heterocycles. The highest BCUT2D eigenvalue weighted by Gasteiger charge is 2.54. The maximum atomic E-state index is 12.5. The van der Waals surface area contributed by atoms with Crippen LogP contribution >= 0.6 is 0 Å². The number of hydrogen-bond donors (Lipinski definition) is 2. The van der Waals surface area contributed by atoms with Crippen LogP contribution in [0.2, 0.25) is 0 Å². The lowest BCUT2D eigenvalue weighted by molar-refractivity contribution is -0.975. The van der Waals surface area contributed by atoms with Crippen molar-refractivity contribution >= 4 is 17.9 Å². The van der Waals surface area contributed by atoms with Crippen LogP contribution in [0.5, 0.6) is 0 Å². The Balaban J connectivity index is 5.80. The molecule has 0 bridgehead atoms. The zero-order valence-corrected chi connectivity index (χ0v) is 22.7. The van der Waals surface area contributed by atoms with E-state index in [1.54, 1.807) is 0 Å². The molecule has 0 aromatic rings. The normalized spacial score (nSPS) is 16.0. The number of carboxylic acid groups (broad SMARTS) is 3. The first-order chi connectivity index (χ1) is 16.7. The molecule has 7 heteroatoms. The third kappa shape index (κ3) is 11.1. The summed E-state index contributed by atoms with van der Waals surface area (Å²) in [6.07, 6.45) is 15.9. The Morgan fingerprint density at radius 1 is 0.657 bits per heavy atom. The average Bonchev–Trinajstić information content (AvgIpc) is 2.81. The van der Waals surface area contributed by atoms with Crippen molar-refractivity contribution in [3.8, 4) is 0 Å². The smallest absolute Gasteiger partial charge is 0.362 e. The van der Waals surface area contributed by atoms with Crippen LogP contribution in [-0.2, 0) is 14.4 Å². The minimum atomic E-state index is -1.35. The Kier molecular flexibility index (Phi) is 18.3. The molecule has 3 atom stereocenters. The molecule has 0 aromatic heterocycles. The molecule has 0 aliphatic carbocycles. The van der Waals surface area contributed by atoms with Crippen LogP contribution in [0.4, 0.5) is 0 Å². The first-order valence-electron chi connectivity index (χ1n) is 13.9. The Bertz CT molecular complexity index is 573. The van der Waals surface area contributed by atoms with Gasteiger partial charge in [0.2, 0.25) is 0 Å². The molecule has 0 spiro atoms. The lowest BCUT2D eigenvalue weighted by Crippen LogP contribution is -2.74. The third-order valence-electron chi connectivity index (χ3n) is 7.08. The fraction of sp³-hybridized carbons (Fsp3) is 0.821. The molecule has 204 valence electrons. The SMILES string of the molecule is CCCCCCC/C=C/CCCC[N+](C(CCC)C(=O)[O-])(C(CCC)C(=O)O)C(CCC)C(=O)O. The van der Waals surface area contributed by atoms with E-state index in [0.717, 1.165) is 19.3 Å². The average molecular weight is 498 g/mol. The van der Waals surface area contributed by atoms with Gasteiger partial charge in [-0.1, -0.05) is 72.0 Å². The number of quaternary nitrogens is 1. The molecular weight excluding hydrogens is 446 g/mol. The highest BCUT2D eigenvalue weighted by Crippen LogP contribution is 2.34. The third-order valence-corrected chi connectivity index (χ3v) is 7.08. The first kappa shape index (κ1) is 33.1. The van der Waals surface area contributed by atoms with Crippen LogP contribution in [0.1, 0.15) is 124 Å². The van der Waals surface area contributed by atoms with Gasteiger partial charge in [0.05, 0.1) is 12.5 Å². The van der Waals surface area contributed by atoms with E-state index in [1.165, 1.54) is 32.1 Å². The van der Waals surface area contributed by atoms with Crippen molar-refractivity contribution in [2.45, 2.75) is 142 Å². The summed E-state index contributed by atoms with van der Waals surface area (Å²) in [4.78, 5) is 37.3. The van der Waals surface area contributed by atoms with Gasteiger partial charge in [0, 0.05) is 19.3 Å². The fourth-order valence-corrected chi connectivity index (χ4v) is 5.38. The number of rotatable bonds is 23. The molecule has 0 aromatic carbocycles. The Labute approximate surface area is 213 Å². The van der Waals surface area contributed by atoms with Crippen molar-refractivity contribution in [2.24, 2.45) is 0 Å². The van der Waals surface area contributed by atoms with Crippen molar-refractivity contribution in [2.75, 3.05) is 6.54 Å². The topological polar surface area (TPSA) is 115 Å². The van der Waals surface area contributed by atoms with Crippen LogP contribution in [0.3, 0.4) is 0 Å². The van der Waals surface area contributed by atoms with E-state index < -0.39 is 40.5 Å². The van der Waals surface area contributed by atoms with Gasteiger partial charge in [-0.2, -0.15) is 0 Å². The second kappa shape index (κ2) is 19.3. The molecule has 35 heavy (non-hydrogen) atoms. The highest BCUT2D eigenvalue weighted by molar-refractivity contribution is 5.77. The summed E-state index contributed by atoms with van der Waals surface area (Å²) in [7, 11) is 0. The molecule has 3 unspecified atom stereocenters. The minimum Gasteiger partial charge on any atom is -0.544 e. The van der Waals surface area contributed by atoms with Crippen LogP contribution in [0.15, 0.2) is 12.2 Å². The largest absolute Gasteiger partial charge is 0.544 e. The van der Waals surface area contributed by atoms with Gasteiger partial charge in [-0.05, 0) is 44.9 Å². The summed E-state index contributed by atoms with van der Waals surface area (Å²) in [6, 6.07) is -3.36. The second-order valence-electron chi connectivity index (χ2n) is 9.80. The van der Waals surface area contributed by atoms with Crippen molar-refractivity contribution in [1.82, 2.24) is 0 Å². The zero-order chi connectivity index (χ0) is 26.7. The standard InChI is InChI=1S/C28H51NO6/c1-5-9-10-11-12-13-14-15-16-17-18-22-29(23(19-6-2)26(30)31,24(20-7-3)27(32)33)25(21-8-4)28(34)35/h14-15,23-25H,5-13,16-22H2,1-4H3,(H2-,30,31,32,33,34,35)/b15-14+. The van der Waals surface area contributed by atoms with Gasteiger partial charge >= 0.3 is 11.9 Å². The molecule has 2 N–H and O–H groups in total. The van der Waals surface area contributed by atoms with E-state index in [-0.39, 0.29) is 25.8 Å². The van der Waals surface area contributed by atoms with Gasteiger partial charge in [-0.3, -0.25) is 4.48 Å². The molecule has 0 fully saturated rings. The number of nitrogens with zero attached hydrogens (tertiary/aromatic N) is 1. The molecule has 0 aliphatic rings. The summed E-state index contributed by atoms with van der Waals surface area (Å²) in [5, 5.41) is 32.7. The van der Waals surface area contributed by atoms with Crippen LogP contribution in [-0.4, -0.2) is 57.3 Å². The number of carbonyl (C=O) groups excluding carboxylic acids is 1. The number of aliphatic carboxylic acids is 3.